The van der Waals surface area contributed by atoms with Crippen molar-refractivity contribution in [3.8, 4) is 12.3 Å². The molecule has 0 aliphatic rings. The van der Waals surface area contributed by atoms with Crippen LogP contribution < -0.4 is 5.32 Å². The molecule has 1 atom stereocenters. The number of rotatable bonds is 4. The zero-order valence-corrected chi connectivity index (χ0v) is 10.1. The fourth-order valence-electron chi connectivity index (χ4n) is 1.20. The lowest BCUT2D eigenvalue weighted by molar-refractivity contribution is 0.0932. The summed E-state index contributed by atoms with van der Waals surface area (Å²) in [7, 11) is 0. The Morgan fingerprint density at radius 1 is 1.80 bits per heavy atom. The minimum atomic E-state index is -0.122. The van der Waals surface area contributed by atoms with E-state index >= 15 is 0 Å². The molecule has 3 nitrogen and oxygen atoms in total. The number of aromatic nitrogens is 1. The molecule has 0 saturated carbocycles. The third-order valence-electron chi connectivity index (χ3n) is 2.08. The number of hydrogen-bond acceptors (Lipinski definition) is 1. The topological polar surface area (TPSA) is 44.9 Å². The summed E-state index contributed by atoms with van der Waals surface area (Å²) in [6.45, 7) is 1.99. The Kier molecular flexibility index (Phi) is 4.44. The molecule has 1 amide bonds. The third kappa shape index (κ3) is 3.45. The molecule has 1 rings (SSSR count). The van der Waals surface area contributed by atoms with Crippen LogP contribution in [0.2, 0.25) is 0 Å². The van der Waals surface area contributed by atoms with Gasteiger partial charge in [-0.25, -0.2) is 0 Å². The van der Waals surface area contributed by atoms with E-state index in [1.807, 2.05) is 6.92 Å². The van der Waals surface area contributed by atoms with E-state index in [9.17, 15) is 4.79 Å². The highest BCUT2D eigenvalue weighted by Crippen LogP contribution is 2.10. The number of aromatic amines is 1. The normalized spacial score (nSPS) is 11.8. The largest absolute Gasteiger partial charge is 0.356 e. The molecule has 1 aromatic rings. The Morgan fingerprint density at radius 3 is 3.00 bits per heavy atom. The summed E-state index contributed by atoms with van der Waals surface area (Å²) >= 11 is 3.27. The number of hydrogen-bond donors (Lipinski definition) is 2. The molecule has 0 saturated heterocycles. The van der Waals surface area contributed by atoms with E-state index < -0.39 is 0 Å². The molecule has 0 fully saturated rings. The average Bonchev–Trinajstić information content (AvgIpc) is 2.64. The van der Waals surface area contributed by atoms with Crippen molar-refractivity contribution in [2.45, 2.75) is 25.8 Å². The van der Waals surface area contributed by atoms with Crippen LogP contribution in [0.4, 0.5) is 0 Å². The Morgan fingerprint density at radius 2 is 2.53 bits per heavy atom. The van der Waals surface area contributed by atoms with Crippen LogP contribution >= 0.6 is 15.9 Å². The van der Waals surface area contributed by atoms with Crippen LogP contribution in [0, 0.1) is 12.3 Å². The summed E-state index contributed by atoms with van der Waals surface area (Å²) in [5.41, 5.74) is 0.539. The maximum Gasteiger partial charge on any atom is 0.267 e. The number of H-pyrrole nitrogens is 1. The molecule has 0 spiro atoms. The Hall–Kier alpha value is -1.21. The first kappa shape index (κ1) is 11.9. The average molecular weight is 269 g/mol. The van der Waals surface area contributed by atoms with Gasteiger partial charge < -0.3 is 10.3 Å². The van der Waals surface area contributed by atoms with Crippen molar-refractivity contribution in [2.24, 2.45) is 0 Å². The van der Waals surface area contributed by atoms with Crippen LogP contribution in [-0.2, 0) is 0 Å². The summed E-state index contributed by atoms with van der Waals surface area (Å²) in [4.78, 5) is 14.5. The Bertz CT molecular complexity index is 378. The zero-order valence-electron chi connectivity index (χ0n) is 8.51. The van der Waals surface area contributed by atoms with Gasteiger partial charge >= 0.3 is 0 Å². The van der Waals surface area contributed by atoms with Gasteiger partial charge in [0.05, 0.1) is 0 Å². The predicted octanol–water partition coefficient (Wildman–Crippen LogP) is 2.31. The number of halogens is 1. The molecule has 15 heavy (non-hydrogen) atoms. The summed E-state index contributed by atoms with van der Waals surface area (Å²) in [5.74, 6) is 2.42. The van der Waals surface area contributed by atoms with Crippen molar-refractivity contribution in [1.82, 2.24) is 10.3 Å². The van der Waals surface area contributed by atoms with Gasteiger partial charge in [-0.1, -0.05) is 6.92 Å². The number of amides is 1. The zero-order chi connectivity index (χ0) is 11.3. The van der Waals surface area contributed by atoms with Gasteiger partial charge in [0, 0.05) is 23.1 Å². The minimum Gasteiger partial charge on any atom is -0.356 e. The smallest absolute Gasteiger partial charge is 0.267 e. The molecule has 80 valence electrons. The van der Waals surface area contributed by atoms with Gasteiger partial charge in [-0.05, 0) is 28.4 Å². The van der Waals surface area contributed by atoms with E-state index in [0.29, 0.717) is 12.1 Å². The van der Waals surface area contributed by atoms with E-state index in [0.717, 1.165) is 10.9 Å². The van der Waals surface area contributed by atoms with Gasteiger partial charge in [0.15, 0.2) is 0 Å². The molecule has 2 N–H and O–H groups in total. The summed E-state index contributed by atoms with van der Waals surface area (Å²) in [6, 6.07) is 1.78. The highest BCUT2D eigenvalue weighted by molar-refractivity contribution is 9.10. The van der Waals surface area contributed by atoms with Crippen LogP contribution in [0.5, 0.6) is 0 Å². The fraction of sp³-hybridized carbons (Fsp3) is 0.364. The van der Waals surface area contributed by atoms with Crippen molar-refractivity contribution in [3.63, 3.8) is 0 Å². The van der Waals surface area contributed by atoms with Gasteiger partial charge in [0.2, 0.25) is 0 Å². The molecular weight excluding hydrogens is 256 g/mol. The number of carbonyl (C=O) groups excluding carboxylic acids is 1. The van der Waals surface area contributed by atoms with Crippen molar-refractivity contribution in [1.29, 1.82) is 0 Å². The molecule has 1 unspecified atom stereocenters. The van der Waals surface area contributed by atoms with E-state index in [1.54, 1.807) is 12.3 Å². The molecule has 0 aromatic carbocycles. The van der Waals surface area contributed by atoms with Crippen LogP contribution in [-0.4, -0.2) is 16.9 Å². The third-order valence-corrected chi connectivity index (χ3v) is 2.54. The highest BCUT2D eigenvalue weighted by Gasteiger charge is 2.12. The van der Waals surface area contributed by atoms with Crippen LogP contribution in [0.15, 0.2) is 16.7 Å². The molecule has 1 aromatic heterocycles. The first-order valence-electron chi connectivity index (χ1n) is 4.75. The molecule has 4 heteroatoms. The van der Waals surface area contributed by atoms with E-state index in [-0.39, 0.29) is 11.9 Å². The van der Waals surface area contributed by atoms with Crippen molar-refractivity contribution in [3.05, 3.63) is 22.4 Å². The minimum absolute atomic E-state index is 0.0459. The van der Waals surface area contributed by atoms with Crippen molar-refractivity contribution in [2.75, 3.05) is 0 Å². The Balaban J connectivity index is 2.59. The lowest BCUT2D eigenvalue weighted by Gasteiger charge is -2.13. The lowest BCUT2D eigenvalue weighted by atomic mass is 10.1. The second kappa shape index (κ2) is 5.62. The van der Waals surface area contributed by atoms with E-state index in [4.69, 9.17) is 6.42 Å². The van der Waals surface area contributed by atoms with Gasteiger partial charge in [0.25, 0.3) is 5.91 Å². The van der Waals surface area contributed by atoms with Crippen LogP contribution in [0.1, 0.15) is 30.3 Å². The molecule has 0 aliphatic carbocycles. The Labute approximate surface area is 97.8 Å². The predicted molar refractivity (Wildman–Crippen MR) is 63.5 cm³/mol. The van der Waals surface area contributed by atoms with Gasteiger partial charge in [-0.2, -0.15) is 0 Å². The lowest BCUT2D eigenvalue weighted by Crippen LogP contribution is -2.34. The van der Waals surface area contributed by atoms with Crippen LogP contribution in [0.25, 0.3) is 0 Å². The molecule has 1 heterocycles. The molecule has 0 radical (unpaired) electrons. The summed E-state index contributed by atoms with van der Waals surface area (Å²) in [5, 5.41) is 2.86. The quantitative estimate of drug-likeness (QED) is 0.809. The maximum absolute atomic E-state index is 11.7. The van der Waals surface area contributed by atoms with E-state index in [1.165, 1.54) is 0 Å². The summed E-state index contributed by atoms with van der Waals surface area (Å²) < 4.78 is 0.859. The second-order valence-electron chi connectivity index (χ2n) is 3.22. The van der Waals surface area contributed by atoms with E-state index in [2.05, 4.69) is 32.2 Å². The first-order chi connectivity index (χ1) is 7.17. The number of carbonyl (C=O) groups is 1. The fourth-order valence-corrected chi connectivity index (χ4v) is 1.55. The van der Waals surface area contributed by atoms with Crippen LogP contribution in [0.3, 0.4) is 0 Å². The van der Waals surface area contributed by atoms with Gasteiger partial charge in [-0.3, -0.25) is 4.79 Å². The van der Waals surface area contributed by atoms with Crippen molar-refractivity contribution >= 4 is 21.8 Å². The summed E-state index contributed by atoms with van der Waals surface area (Å²) in [6.07, 6.45) is 8.32. The van der Waals surface area contributed by atoms with Gasteiger partial charge in [-0.15, -0.1) is 12.3 Å². The monoisotopic (exact) mass is 268 g/mol. The standard InChI is InChI=1S/C11H13BrN2O/c1-3-5-9(4-2)14-11(15)10-6-8(12)7-13-10/h1,6-7,9,13H,4-5H2,2H3,(H,14,15). The number of terminal acetylenes is 1. The van der Waals surface area contributed by atoms with Gasteiger partial charge in [0.1, 0.15) is 5.69 Å². The molecule has 0 bridgehead atoms. The molecular formula is C11H13BrN2O. The first-order valence-corrected chi connectivity index (χ1v) is 5.55. The maximum atomic E-state index is 11.7. The SMILES string of the molecule is C#CCC(CC)NC(=O)c1cc(Br)c[nH]1. The van der Waals surface area contributed by atoms with Crippen molar-refractivity contribution < 1.29 is 4.79 Å². The second-order valence-corrected chi connectivity index (χ2v) is 4.13. The molecule has 0 aliphatic heterocycles. The number of nitrogens with one attached hydrogen (secondary N) is 2. The highest BCUT2D eigenvalue weighted by atomic mass is 79.9.